The van der Waals surface area contributed by atoms with E-state index in [0.29, 0.717) is 23.7 Å². The smallest absolute Gasteiger partial charge is 0.262 e. The number of hydrogen-bond donors (Lipinski definition) is 4. The lowest BCUT2D eigenvalue weighted by molar-refractivity contribution is -0.118. The number of benzene rings is 1. The average molecular weight is 259 g/mol. The number of ether oxygens (including phenoxy) is 1. The fourth-order valence-corrected chi connectivity index (χ4v) is 1.87. The Balaban J connectivity index is 1.81. The molecule has 1 aromatic heterocycles. The van der Waals surface area contributed by atoms with Gasteiger partial charge >= 0.3 is 0 Å². The van der Waals surface area contributed by atoms with Crippen LogP contribution in [-0.4, -0.2) is 22.7 Å². The molecule has 5 N–H and O–H groups in total. The summed E-state index contributed by atoms with van der Waals surface area (Å²) in [6.07, 6.45) is 3.53. The Morgan fingerprint density at radius 2 is 2.37 bits per heavy atom. The fraction of sp³-hybridized carbons (Fsp3) is 0.167. The first-order chi connectivity index (χ1) is 9.22. The van der Waals surface area contributed by atoms with E-state index in [2.05, 4.69) is 20.8 Å². The largest absolute Gasteiger partial charge is 0.482 e. The van der Waals surface area contributed by atoms with Crippen molar-refractivity contribution < 1.29 is 9.53 Å². The SMILES string of the molecule is Nc1cc2c(cc1NCc1cn[nH]c1)NC(=O)CO2. The number of nitrogens with zero attached hydrogens (tertiary/aromatic N) is 1. The molecule has 3 rings (SSSR count). The van der Waals surface area contributed by atoms with E-state index >= 15 is 0 Å². The van der Waals surface area contributed by atoms with Crippen molar-refractivity contribution in [1.29, 1.82) is 0 Å². The summed E-state index contributed by atoms with van der Waals surface area (Å²) >= 11 is 0. The van der Waals surface area contributed by atoms with Gasteiger partial charge in [-0.25, -0.2) is 0 Å². The first kappa shape index (κ1) is 11.4. The van der Waals surface area contributed by atoms with Crippen molar-refractivity contribution in [1.82, 2.24) is 10.2 Å². The van der Waals surface area contributed by atoms with Gasteiger partial charge in [0.1, 0.15) is 5.75 Å². The summed E-state index contributed by atoms with van der Waals surface area (Å²) in [5, 5.41) is 12.5. The first-order valence-corrected chi connectivity index (χ1v) is 5.80. The Morgan fingerprint density at radius 3 is 3.16 bits per heavy atom. The van der Waals surface area contributed by atoms with Crippen molar-refractivity contribution in [2.75, 3.05) is 23.0 Å². The van der Waals surface area contributed by atoms with Gasteiger partial charge in [0.15, 0.2) is 6.61 Å². The highest BCUT2D eigenvalue weighted by Gasteiger charge is 2.17. The van der Waals surface area contributed by atoms with Crippen molar-refractivity contribution in [3.8, 4) is 5.75 Å². The maximum absolute atomic E-state index is 11.3. The maximum Gasteiger partial charge on any atom is 0.262 e. The summed E-state index contributed by atoms with van der Waals surface area (Å²) in [4.78, 5) is 11.3. The zero-order chi connectivity index (χ0) is 13.2. The van der Waals surface area contributed by atoms with Gasteiger partial charge in [-0.3, -0.25) is 9.89 Å². The number of aromatic amines is 1. The molecule has 0 atom stereocenters. The second-order valence-electron chi connectivity index (χ2n) is 4.23. The number of fused-ring (bicyclic) bond motifs is 1. The molecule has 1 amide bonds. The van der Waals surface area contributed by atoms with Gasteiger partial charge in [0.05, 0.1) is 23.3 Å². The highest BCUT2D eigenvalue weighted by atomic mass is 16.5. The molecule has 7 heteroatoms. The van der Waals surface area contributed by atoms with Crippen LogP contribution in [0.25, 0.3) is 0 Å². The standard InChI is InChI=1S/C12H13N5O2/c13-8-1-11-10(17-12(18)6-19-11)2-9(8)14-3-7-4-15-16-5-7/h1-2,4-5,14H,3,6,13H2,(H,15,16)(H,17,18). The lowest BCUT2D eigenvalue weighted by Crippen LogP contribution is -2.25. The summed E-state index contributed by atoms with van der Waals surface area (Å²) in [7, 11) is 0. The predicted molar refractivity (Wildman–Crippen MR) is 70.9 cm³/mol. The molecule has 2 aromatic rings. The van der Waals surface area contributed by atoms with Gasteiger partial charge in [0.2, 0.25) is 0 Å². The van der Waals surface area contributed by atoms with Gasteiger partial charge in [0, 0.05) is 24.4 Å². The molecular weight excluding hydrogens is 246 g/mol. The topological polar surface area (TPSA) is 105 Å². The zero-order valence-electron chi connectivity index (χ0n) is 10.1. The lowest BCUT2D eigenvalue weighted by Gasteiger charge is -2.20. The summed E-state index contributed by atoms with van der Waals surface area (Å²) in [6.45, 7) is 0.614. The van der Waals surface area contributed by atoms with Crippen LogP contribution in [0.2, 0.25) is 0 Å². The van der Waals surface area contributed by atoms with E-state index in [1.165, 1.54) is 0 Å². The van der Waals surface area contributed by atoms with Crippen LogP contribution in [0.5, 0.6) is 5.75 Å². The van der Waals surface area contributed by atoms with Crippen molar-refractivity contribution in [3.63, 3.8) is 0 Å². The number of nitrogens with one attached hydrogen (secondary N) is 3. The number of aromatic nitrogens is 2. The van der Waals surface area contributed by atoms with Crippen LogP contribution < -0.4 is 21.1 Å². The Labute approximate surface area is 109 Å². The zero-order valence-corrected chi connectivity index (χ0v) is 10.1. The Morgan fingerprint density at radius 1 is 1.47 bits per heavy atom. The first-order valence-electron chi connectivity index (χ1n) is 5.80. The number of rotatable bonds is 3. The molecule has 1 aliphatic rings. The summed E-state index contributed by atoms with van der Waals surface area (Å²) < 4.78 is 5.29. The van der Waals surface area contributed by atoms with E-state index in [1.54, 1.807) is 24.5 Å². The molecule has 0 fully saturated rings. The molecule has 0 unspecified atom stereocenters. The lowest BCUT2D eigenvalue weighted by atomic mass is 10.2. The highest BCUT2D eigenvalue weighted by Crippen LogP contribution is 2.35. The number of amides is 1. The molecule has 0 aliphatic carbocycles. The van der Waals surface area contributed by atoms with E-state index in [9.17, 15) is 4.79 Å². The molecule has 0 spiro atoms. The second kappa shape index (κ2) is 4.52. The molecule has 2 heterocycles. The summed E-state index contributed by atoms with van der Waals surface area (Å²) in [6, 6.07) is 3.47. The van der Waals surface area contributed by atoms with Crippen molar-refractivity contribution in [3.05, 3.63) is 30.1 Å². The number of carbonyl (C=O) groups excluding carboxylic acids is 1. The normalized spacial score (nSPS) is 13.4. The third-order valence-electron chi connectivity index (χ3n) is 2.82. The van der Waals surface area contributed by atoms with Crippen molar-refractivity contribution in [2.24, 2.45) is 0 Å². The Bertz CT molecular complexity index is 609. The monoisotopic (exact) mass is 259 g/mol. The molecule has 0 bridgehead atoms. The van der Waals surface area contributed by atoms with E-state index in [1.807, 2.05) is 0 Å². The fourth-order valence-electron chi connectivity index (χ4n) is 1.87. The molecule has 0 saturated heterocycles. The number of anilines is 3. The van der Waals surface area contributed by atoms with E-state index in [4.69, 9.17) is 10.5 Å². The van der Waals surface area contributed by atoms with E-state index in [0.717, 1.165) is 11.3 Å². The van der Waals surface area contributed by atoms with Crippen LogP contribution in [0.4, 0.5) is 17.1 Å². The van der Waals surface area contributed by atoms with Gasteiger partial charge < -0.3 is 21.1 Å². The Hall–Kier alpha value is -2.70. The quantitative estimate of drug-likeness (QED) is 0.614. The molecule has 0 saturated carbocycles. The van der Waals surface area contributed by atoms with Crippen molar-refractivity contribution >= 4 is 23.0 Å². The van der Waals surface area contributed by atoms with Gasteiger partial charge in [0.25, 0.3) is 5.91 Å². The summed E-state index contributed by atoms with van der Waals surface area (Å²) in [5.41, 5.74) is 8.89. The maximum atomic E-state index is 11.3. The minimum atomic E-state index is -0.168. The minimum Gasteiger partial charge on any atom is -0.482 e. The molecule has 1 aliphatic heterocycles. The number of nitrogen functional groups attached to an aromatic ring is 1. The van der Waals surface area contributed by atoms with Crippen LogP contribution in [-0.2, 0) is 11.3 Å². The highest BCUT2D eigenvalue weighted by molar-refractivity contribution is 5.97. The molecular formula is C12H13N5O2. The van der Waals surface area contributed by atoms with Gasteiger partial charge in [-0.1, -0.05) is 0 Å². The molecule has 98 valence electrons. The van der Waals surface area contributed by atoms with Crippen molar-refractivity contribution in [2.45, 2.75) is 6.54 Å². The van der Waals surface area contributed by atoms with Gasteiger partial charge in [-0.15, -0.1) is 0 Å². The second-order valence-corrected chi connectivity index (χ2v) is 4.23. The number of H-pyrrole nitrogens is 1. The van der Waals surface area contributed by atoms with E-state index in [-0.39, 0.29) is 12.5 Å². The molecule has 0 radical (unpaired) electrons. The number of carbonyl (C=O) groups is 1. The number of hydrogen-bond acceptors (Lipinski definition) is 5. The van der Waals surface area contributed by atoms with Gasteiger partial charge in [-0.05, 0) is 6.07 Å². The number of nitrogens with two attached hydrogens (primary N) is 1. The van der Waals surface area contributed by atoms with E-state index < -0.39 is 0 Å². The average Bonchev–Trinajstić information content (AvgIpc) is 2.90. The summed E-state index contributed by atoms with van der Waals surface area (Å²) in [5.74, 6) is 0.420. The molecule has 7 nitrogen and oxygen atoms in total. The molecule has 19 heavy (non-hydrogen) atoms. The van der Waals surface area contributed by atoms with Gasteiger partial charge in [-0.2, -0.15) is 5.10 Å². The van der Waals surface area contributed by atoms with Crippen LogP contribution in [0.15, 0.2) is 24.5 Å². The van der Waals surface area contributed by atoms with Crippen LogP contribution in [0, 0.1) is 0 Å². The third kappa shape index (κ3) is 2.30. The van der Waals surface area contributed by atoms with Crippen LogP contribution in [0.1, 0.15) is 5.56 Å². The minimum absolute atomic E-state index is 0.0221. The van der Waals surface area contributed by atoms with Crippen LogP contribution >= 0.6 is 0 Å². The predicted octanol–water partition coefficient (Wildman–Crippen LogP) is 0.935. The van der Waals surface area contributed by atoms with Crippen LogP contribution in [0.3, 0.4) is 0 Å². The Kier molecular flexibility index (Phi) is 2.71. The third-order valence-corrected chi connectivity index (χ3v) is 2.82. The molecule has 1 aromatic carbocycles.